The van der Waals surface area contributed by atoms with Gasteiger partial charge in [-0.25, -0.2) is 0 Å². The van der Waals surface area contributed by atoms with Crippen LogP contribution >= 0.6 is 34.0 Å². The molecule has 4 heteroatoms. The van der Waals surface area contributed by atoms with Crippen molar-refractivity contribution in [1.82, 2.24) is 5.32 Å². The predicted molar refractivity (Wildman–Crippen MR) is 95.5 cm³/mol. The second kappa shape index (κ2) is 6.88. The lowest BCUT2D eigenvalue weighted by molar-refractivity contribution is 0.394. The standard InChI is InChI=1S/C17H19NS3/c1-12(2)16(13-6-3-9-19-13)18-17(14-7-4-10-20-14)15-8-5-11-21-15/h3-12,16-18H,1-2H3. The molecule has 0 bridgehead atoms. The van der Waals surface area contributed by atoms with Crippen molar-refractivity contribution in [2.45, 2.75) is 25.9 Å². The smallest absolute Gasteiger partial charge is 0.0769 e. The normalized spacial score (nSPS) is 13.1. The fraction of sp³-hybridized carbons (Fsp3) is 0.294. The number of rotatable bonds is 6. The SMILES string of the molecule is CC(C)C(NC(c1cccs1)c1cccs1)c1cccs1. The Bertz CT molecular complexity index is 589. The molecule has 0 radical (unpaired) electrons. The van der Waals surface area contributed by atoms with Crippen LogP contribution in [0.4, 0.5) is 0 Å². The van der Waals surface area contributed by atoms with Gasteiger partial charge in [0.2, 0.25) is 0 Å². The first-order valence-corrected chi connectivity index (χ1v) is 9.76. The summed E-state index contributed by atoms with van der Waals surface area (Å²) in [4.78, 5) is 4.20. The summed E-state index contributed by atoms with van der Waals surface area (Å²) < 4.78 is 0. The molecule has 0 saturated carbocycles. The first kappa shape index (κ1) is 15.0. The summed E-state index contributed by atoms with van der Waals surface area (Å²) in [6.45, 7) is 4.58. The van der Waals surface area contributed by atoms with E-state index in [2.05, 4.69) is 71.7 Å². The van der Waals surface area contributed by atoms with Gasteiger partial charge in [0.1, 0.15) is 0 Å². The van der Waals surface area contributed by atoms with Crippen LogP contribution in [0.1, 0.15) is 40.6 Å². The minimum absolute atomic E-state index is 0.291. The summed E-state index contributed by atoms with van der Waals surface area (Å²) in [6, 6.07) is 13.8. The molecule has 1 atom stereocenters. The second-order valence-corrected chi connectivity index (χ2v) is 8.31. The molecular formula is C17H19NS3. The number of hydrogen-bond acceptors (Lipinski definition) is 4. The molecule has 1 unspecified atom stereocenters. The van der Waals surface area contributed by atoms with Crippen LogP contribution in [0.3, 0.4) is 0 Å². The molecule has 3 aromatic rings. The summed E-state index contributed by atoms with van der Waals surface area (Å²) in [6.07, 6.45) is 0. The Hall–Kier alpha value is -0.940. The van der Waals surface area contributed by atoms with Crippen LogP contribution in [-0.4, -0.2) is 0 Å². The fourth-order valence-electron chi connectivity index (χ4n) is 2.47. The third-order valence-corrected chi connectivity index (χ3v) is 6.35. The molecule has 0 fully saturated rings. The van der Waals surface area contributed by atoms with E-state index in [1.165, 1.54) is 14.6 Å². The van der Waals surface area contributed by atoms with Crippen molar-refractivity contribution in [2.75, 3.05) is 0 Å². The van der Waals surface area contributed by atoms with Crippen LogP contribution < -0.4 is 5.32 Å². The van der Waals surface area contributed by atoms with Gasteiger partial charge in [-0.1, -0.05) is 32.0 Å². The van der Waals surface area contributed by atoms with Crippen LogP contribution in [0, 0.1) is 5.92 Å². The van der Waals surface area contributed by atoms with Gasteiger partial charge in [0, 0.05) is 20.7 Å². The molecule has 0 aliphatic rings. The van der Waals surface area contributed by atoms with Crippen molar-refractivity contribution in [1.29, 1.82) is 0 Å². The summed E-state index contributed by atoms with van der Waals surface area (Å²) in [7, 11) is 0. The monoisotopic (exact) mass is 333 g/mol. The van der Waals surface area contributed by atoms with Gasteiger partial charge in [-0.3, -0.25) is 5.32 Å². The number of hydrogen-bond donors (Lipinski definition) is 1. The Morgan fingerprint density at radius 2 is 1.24 bits per heavy atom. The van der Waals surface area contributed by atoms with E-state index in [4.69, 9.17) is 0 Å². The van der Waals surface area contributed by atoms with Crippen molar-refractivity contribution in [2.24, 2.45) is 5.92 Å². The second-order valence-electron chi connectivity index (χ2n) is 5.37. The molecule has 21 heavy (non-hydrogen) atoms. The minimum Gasteiger partial charge on any atom is -0.297 e. The van der Waals surface area contributed by atoms with Crippen molar-refractivity contribution in [3.8, 4) is 0 Å². The van der Waals surface area contributed by atoms with E-state index in [9.17, 15) is 0 Å². The van der Waals surface area contributed by atoms with E-state index in [1.54, 1.807) is 0 Å². The van der Waals surface area contributed by atoms with Gasteiger partial charge in [-0.05, 0) is 40.3 Å². The van der Waals surface area contributed by atoms with Crippen molar-refractivity contribution in [3.05, 3.63) is 67.2 Å². The van der Waals surface area contributed by atoms with Gasteiger partial charge in [-0.15, -0.1) is 34.0 Å². The molecule has 0 aliphatic heterocycles. The maximum absolute atomic E-state index is 3.89. The average molecular weight is 334 g/mol. The molecule has 0 amide bonds. The average Bonchev–Trinajstić information content (AvgIpc) is 3.23. The zero-order valence-electron chi connectivity index (χ0n) is 12.2. The topological polar surface area (TPSA) is 12.0 Å². The zero-order chi connectivity index (χ0) is 14.7. The van der Waals surface area contributed by atoms with Crippen LogP contribution in [0.2, 0.25) is 0 Å². The Morgan fingerprint density at radius 3 is 1.62 bits per heavy atom. The largest absolute Gasteiger partial charge is 0.297 e. The maximum atomic E-state index is 3.89. The molecule has 0 aliphatic carbocycles. The summed E-state index contributed by atoms with van der Waals surface area (Å²) in [5.74, 6) is 0.561. The molecular weight excluding hydrogens is 314 g/mol. The van der Waals surface area contributed by atoms with E-state index in [-0.39, 0.29) is 0 Å². The third kappa shape index (κ3) is 3.46. The molecule has 1 N–H and O–H groups in total. The predicted octanol–water partition coefficient (Wildman–Crippen LogP) is 5.95. The fourth-order valence-corrected chi connectivity index (χ4v) is 5.10. The van der Waals surface area contributed by atoms with Gasteiger partial charge in [-0.2, -0.15) is 0 Å². The molecule has 1 nitrogen and oxygen atoms in total. The molecule has 110 valence electrons. The van der Waals surface area contributed by atoms with Gasteiger partial charge >= 0.3 is 0 Å². The highest BCUT2D eigenvalue weighted by molar-refractivity contribution is 7.11. The molecule has 0 spiro atoms. The van der Waals surface area contributed by atoms with Crippen LogP contribution in [-0.2, 0) is 0 Å². The first-order chi connectivity index (χ1) is 10.3. The molecule has 3 aromatic heterocycles. The van der Waals surface area contributed by atoms with Gasteiger partial charge in [0.15, 0.2) is 0 Å². The van der Waals surface area contributed by atoms with Crippen molar-refractivity contribution < 1.29 is 0 Å². The summed E-state index contributed by atoms with van der Waals surface area (Å²) in [5.41, 5.74) is 0. The quantitative estimate of drug-likeness (QED) is 0.588. The Labute approximate surface area is 138 Å². The number of nitrogens with one attached hydrogen (secondary N) is 1. The summed E-state index contributed by atoms with van der Waals surface area (Å²) in [5, 5.41) is 10.4. The highest BCUT2D eigenvalue weighted by atomic mass is 32.1. The Kier molecular flexibility index (Phi) is 4.91. The minimum atomic E-state index is 0.291. The van der Waals surface area contributed by atoms with Crippen LogP contribution in [0.15, 0.2) is 52.5 Å². The third-order valence-electron chi connectivity index (χ3n) is 3.52. The highest BCUT2D eigenvalue weighted by Crippen LogP contribution is 2.34. The molecule has 0 aromatic carbocycles. The zero-order valence-corrected chi connectivity index (χ0v) is 14.6. The van der Waals surface area contributed by atoms with E-state index in [1.807, 2.05) is 34.0 Å². The van der Waals surface area contributed by atoms with Crippen LogP contribution in [0.25, 0.3) is 0 Å². The van der Waals surface area contributed by atoms with Crippen LogP contribution in [0.5, 0.6) is 0 Å². The van der Waals surface area contributed by atoms with Gasteiger partial charge in [0.05, 0.1) is 6.04 Å². The summed E-state index contributed by atoms with van der Waals surface area (Å²) >= 11 is 5.50. The van der Waals surface area contributed by atoms with E-state index in [0.29, 0.717) is 18.0 Å². The van der Waals surface area contributed by atoms with E-state index in [0.717, 1.165) is 0 Å². The molecule has 3 rings (SSSR count). The van der Waals surface area contributed by atoms with Crippen molar-refractivity contribution in [3.63, 3.8) is 0 Å². The first-order valence-electron chi connectivity index (χ1n) is 7.12. The maximum Gasteiger partial charge on any atom is 0.0769 e. The number of thiophene rings is 3. The van der Waals surface area contributed by atoms with Crippen molar-refractivity contribution >= 4 is 34.0 Å². The highest BCUT2D eigenvalue weighted by Gasteiger charge is 2.24. The lowest BCUT2D eigenvalue weighted by atomic mass is 10.0. The van der Waals surface area contributed by atoms with Gasteiger partial charge < -0.3 is 0 Å². The van der Waals surface area contributed by atoms with Gasteiger partial charge in [0.25, 0.3) is 0 Å². The Morgan fingerprint density at radius 1 is 0.762 bits per heavy atom. The Balaban J connectivity index is 1.90. The molecule has 0 saturated heterocycles. The van der Waals surface area contributed by atoms with E-state index < -0.39 is 0 Å². The lowest BCUT2D eigenvalue weighted by Crippen LogP contribution is -2.29. The lowest BCUT2D eigenvalue weighted by Gasteiger charge is -2.27. The molecule has 3 heterocycles. The van der Waals surface area contributed by atoms with E-state index >= 15 is 0 Å².